The van der Waals surface area contributed by atoms with Gasteiger partial charge in [0.05, 0.1) is 32.0 Å². The van der Waals surface area contributed by atoms with Crippen molar-refractivity contribution in [2.24, 2.45) is 0 Å². The SMILES string of the molecule is CCCCCCC/C=C\C/C=C\C/C=C\CCCCCCCCC(=O)NC(COC1OC(CO)C(OC2OC(CO)C(O)C(O)C2O)C(O)C1O)C(O)/C=C/CCCCCCCCCCCCCCCCCCCCCCCCC. The lowest BCUT2D eigenvalue weighted by Crippen LogP contribution is -2.65. The molecule has 0 saturated carbocycles. The molecule has 2 heterocycles. The summed E-state index contributed by atoms with van der Waals surface area (Å²) in [5, 5.41) is 87.3. The van der Waals surface area contributed by atoms with Crippen molar-refractivity contribution in [3.8, 4) is 0 Å². The van der Waals surface area contributed by atoms with E-state index in [-0.39, 0.29) is 18.9 Å². The molecule has 80 heavy (non-hydrogen) atoms. The van der Waals surface area contributed by atoms with Crippen molar-refractivity contribution in [2.75, 3.05) is 19.8 Å². The second-order valence-electron chi connectivity index (χ2n) is 23.2. The van der Waals surface area contributed by atoms with Crippen LogP contribution in [-0.4, -0.2) is 140 Å². The van der Waals surface area contributed by atoms with Gasteiger partial charge in [-0.05, 0) is 57.8 Å². The zero-order valence-electron chi connectivity index (χ0n) is 50.6. The third-order valence-electron chi connectivity index (χ3n) is 16.0. The second-order valence-corrected chi connectivity index (χ2v) is 23.2. The number of aliphatic hydroxyl groups excluding tert-OH is 8. The Morgan fingerprint density at radius 2 is 0.825 bits per heavy atom. The molecule has 2 aliphatic heterocycles. The predicted molar refractivity (Wildman–Crippen MR) is 323 cm³/mol. The molecule has 12 unspecified atom stereocenters. The number of amides is 1. The molecule has 14 nitrogen and oxygen atoms in total. The Balaban J connectivity index is 1.73. The van der Waals surface area contributed by atoms with Crippen LogP contribution in [-0.2, 0) is 23.7 Å². The van der Waals surface area contributed by atoms with Gasteiger partial charge in [0.25, 0.3) is 0 Å². The van der Waals surface area contributed by atoms with Crippen LogP contribution < -0.4 is 5.32 Å². The molecule has 2 rings (SSSR count). The number of aliphatic hydroxyl groups is 8. The molecule has 14 heteroatoms. The quantitative estimate of drug-likeness (QED) is 0.0204. The number of carbonyl (C=O) groups excluding carboxylic acids is 1. The average molecular weight is 1140 g/mol. The summed E-state index contributed by atoms with van der Waals surface area (Å²) in [6.45, 7) is 2.80. The fourth-order valence-corrected chi connectivity index (χ4v) is 10.7. The van der Waals surface area contributed by atoms with E-state index in [1.165, 1.54) is 173 Å². The molecule has 0 aliphatic carbocycles. The van der Waals surface area contributed by atoms with Crippen molar-refractivity contribution in [3.05, 3.63) is 48.6 Å². The van der Waals surface area contributed by atoms with E-state index in [1.54, 1.807) is 6.08 Å². The van der Waals surface area contributed by atoms with Crippen molar-refractivity contribution < 1.29 is 64.6 Å². The highest BCUT2D eigenvalue weighted by Crippen LogP contribution is 2.30. The fourth-order valence-electron chi connectivity index (χ4n) is 10.7. The molecule has 2 fully saturated rings. The summed E-state index contributed by atoms with van der Waals surface area (Å²) in [5.74, 6) is -0.250. The summed E-state index contributed by atoms with van der Waals surface area (Å²) < 4.78 is 22.8. The number of hydrogen-bond acceptors (Lipinski definition) is 13. The van der Waals surface area contributed by atoms with Gasteiger partial charge < -0.3 is 65.1 Å². The molecule has 0 radical (unpaired) electrons. The largest absolute Gasteiger partial charge is 0.394 e. The van der Waals surface area contributed by atoms with Gasteiger partial charge in [-0.1, -0.05) is 255 Å². The van der Waals surface area contributed by atoms with Gasteiger partial charge >= 0.3 is 0 Å². The molecule has 2 saturated heterocycles. The monoisotopic (exact) mass is 1140 g/mol. The molecular formula is C66H121NO13. The first kappa shape index (κ1) is 74.1. The maximum absolute atomic E-state index is 13.3. The zero-order valence-corrected chi connectivity index (χ0v) is 50.6. The zero-order chi connectivity index (χ0) is 58.1. The number of hydrogen-bond donors (Lipinski definition) is 9. The van der Waals surface area contributed by atoms with Gasteiger partial charge in [-0.15, -0.1) is 0 Å². The van der Waals surface area contributed by atoms with Gasteiger partial charge in [-0.3, -0.25) is 4.79 Å². The smallest absolute Gasteiger partial charge is 0.220 e. The minimum Gasteiger partial charge on any atom is -0.394 e. The molecule has 0 aromatic heterocycles. The van der Waals surface area contributed by atoms with E-state index in [0.717, 1.165) is 70.6 Å². The van der Waals surface area contributed by atoms with E-state index < -0.39 is 86.8 Å². The highest BCUT2D eigenvalue weighted by atomic mass is 16.7. The lowest BCUT2D eigenvalue weighted by molar-refractivity contribution is -0.359. The third kappa shape index (κ3) is 35.9. The molecule has 0 bridgehead atoms. The van der Waals surface area contributed by atoms with E-state index in [1.807, 2.05) is 6.08 Å². The first-order chi connectivity index (χ1) is 39.1. The summed E-state index contributed by atoms with van der Waals surface area (Å²) >= 11 is 0. The lowest BCUT2D eigenvalue weighted by Gasteiger charge is -2.46. The van der Waals surface area contributed by atoms with Gasteiger partial charge in [0.1, 0.15) is 48.8 Å². The summed E-state index contributed by atoms with van der Waals surface area (Å²) in [5.41, 5.74) is 0. The summed E-state index contributed by atoms with van der Waals surface area (Å²) in [4.78, 5) is 13.3. The van der Waals surface area contributed by atoms with E-state index in [2.05, 4.69) is 55.6 Å². The van der Waals surface area contributed by atoms with Crippen LogP contribution in [0.25, 0.3) is 0 Å². The Labute approximate surface area is 486 Å². The van der Waals surface area contributed by atoms with Crippen molar-refractivity contribution >= 4 is 5.91 Å². The first-order valence-corrected chi connectivity index (χ1v) is 32.9. The predicted octanol–water partition coefficient (Wildman–Crippen LogP) is 12.3. The molecule has 468 valence electrons. The Kier molecular flexibility index (Phi) is 47.6. The fraction of sp³-hybridized carbons (Fsp3) is 0.864. The number of carbonyl (C=O) groups is 1. The summed E-state index contributed by atoms with van der Waals surface area (Å²) in [6.07, 6.45) is 48.6. The van der Waals surface area contributed by atoms with Crippen molar-refractivity contribution in [1.29, 1.82) is 0 Å². The Morgan fingerprint density at radius 3 is 1.26 bits per heavy atom. The first-order valence-electron chi connectivity index (χ1n) is 32.9. The van der Waals surface area contributed by atoms with Crippen molar-refractivity contribution in [2.45, 2.75) is 344 Å². The van der Waals surface area contributed by atoms with Crippen LogP contribution in [0.3, 0.4) is 0 Å². The number of nitrogens with one attached hydrogen (secondary N) is 1. The molecular weight excluding hydrogens is 1010 g/mol. The van der Waals surface area contributed by atoms with E-state index in [0.29, 0.717) is 6.42 Å². The molecule has 0 spiro atoms. The van der Waals surface area contributed by atoms with Crippen LogP contribution in [0.4, 0.5) is 0 Å². The third-order valence-corrected chi connectivity index (χ3v) is 16.0. The standard InChI is InChI=1S/C66H121NO13/c1-3-5-7-9-11-13-15-17-19-21-23-25-26-27-28-30-31-33-35-37-39-41-43-45-47-49-55(70)54(53-77-65-63(76)61(74)64(57(52-69)79-65)80-66-62(75)60(73)59(72)56(51-68)78-66)67-58(71)50-48-46-44-42-40-38-36-34-32-29-24-22-20-18-16-14-12-10-8-6-4-2/h16,18,22,24,32,34,47,49,54-57,59-66,68-70,72-76H,3-15,17,19-21,23,25-31,33,35-46,48,50-53H2,1-2H3,(H,67,71)/b18-16-,24-22-,34-32-,49-47+. The lowest BCUT2D eigenvalue weighted by atomic mass is 9.97. The minimum absolute atomic E-state index is 0.250. The highest BCUT2D eigenvalue weighted by Gasteiger charge is 2.51. The van der Waals surface area contributed by atoms with Crippen LogP contribution in [0.1, 0.15) is 271 Å². The Morgan fingerprint density at radius 1 is 0.450 bits per heavy atom. The number of allylic oxidation sites excluding steroid dienone is 7. The van der Waals surface area contributed by atoms with Crippen LogP contribution in [0.5, 0.6) is 0 Å². The van der Waals surface area contributed by atoms with Crippen molar-refractivity contribution in [1.82, 2.24) is 5.32 Å². The van der Waals surface area contributed by atoms with E-state index in [9.17, 15) is 45.6 Å². The second kappa shape index (κ2) is 51.4. The van der Waals surface area contributed by atoms with Crippen LogP contribution in [0, 0.1) is 0 Å². The molecule has 0 aromatic carbocycles. The number of rotatable bonds is 53. The minimum atomic E-state index is -1.79. The average Bonchev–Trinajstić information content (AvgIpc) is 3.46. The maximum Gasteiger partial charge on any atom is 0.220 e. The van der Waals surface area contributed by atoms with Gasteiger partial charge in [0, 0.05) is 6.42 Å². The number of unbranched alkanes of at least 4 members (excludes halogenated alkanes) is 34. The van der Waals surface area contributed by atoms with Crippen LogP contribution >= 0.6 is 0 Å². The topological polar surface area (TPSA) is 228 Å². The molecule has 1 amide bonds. The van der Waals surface area contributed by atoms with E-state index >= 15 is 0 Å². The van der Waals surface area contributed by atoms with Gasteiger partial charge in [-0.25, -0.2) is 0 Å². The van der Waals surface area contributed by atoms with Crippen molar-refractivity contribution in [3.63, 3.8) is 0 Å². The van der Waals surface area contributed by atoms with E-state index in [4.69, 9.17) is 18.9 Å². The van der Waals surface area contributed by atoms with Gasteiger partial charge in [0.2, 0.25) is 5.91 Å². The normalized spacial score (nSPS) is 24.5. The van der Waals surface area contributed by atoms with Gasteiger partial charge in [0.15, 0.2) is 12.6 Å². The maximum atomic E-state index is 13.3. The van der Waals surface area contributed by atoms with Crippen LogP contribution in [0.15, 0.2) is 48.6 Å². The Hall–Kier alpha value is -2.05. The highest BCUT2D eigenvalue weighted by molar-refractivity contribution is 5.76. The Bertz CT molecular complexity index is 1530. The molecule has 12 atom stereocenters. The van der Waals surface area contributed by atoms with Crippen LogP contribution in [0.2, 0.25) is 0 Å². The molecule has 2 aliphatic rings. The molecule has 9 N–H and O–H groups in total. The summed E-state index contributed by atoms with van der Waals surface area (Å²) in [6, 6.07) is -0.924. The summed E-state index contributed by atoms with van der Waals surface area (Å²) in [7, 11) is 0. The number of ether oxygens (including phenoxy) is 4. The molecule has 0 aromatic rings. The van der Waals surface area contributed by atoms with Gasteiger partial charge in [-0.2, -0.15) is 0 Å².